The second-order valence-electron chi connectivity index (χ2n) is 9.53. The van der Waals surface area contributed by atoms with Gasteiger partial charge in [0.25, 0.3) is 0 Å². The van der Waals surface area contributed by atoms with Gasteiger partial charge in [0.2, 0.25) is 0 Å². The average Bonchev–Trinajstić information content (AvgIpc) is 2.82. The third-order valence-electron chi connectivity index (χ3n) is 6.60. The summed E-state index contributed by atoms with van der Waals surface area (Å²) in [6.45, 7) is 5.53. The number of nitrogens with two attached hydrogens (primary N) is 1. The molecule has 0 aliphatic heterocycles. The van der Waals surface area contributed by atoms with Gasteiger partial charge in [-0.2, -0.15) is 0 Å². The molecule has 4 heteroatoms. The maximum Gasteiger partial charge on any atom is 0.0915 e. The van der Waals surface area contributed by atoms with Crippen molar-refractivity contribution in [2.24, 2.45) is 0 Å². The van der Waals surface area contributed by atoms with Gasteiger partial charge >= 0.3 is 0 Å². The highest BCUT2D eigenvalue weighted by Gasteiger charge is 2.08. The Morgan fingerprint density at radius 1 is 0.636 bits per heavy atom. The smallest absolute Gasteiger partial charge is 0.0915 e. The number of hydrogen-bond donors (Lipinski definition) is 2. The maximum atomic E-state index is 6.39. The lowest BCUT2D eigenvalue weighted by atomic mass is 10.0. The topological polar surface area (TPSA) is 63.8 Å². The van der Waals surface area contributed by atoms with Crippen LogP contribution < -0.4 is 11.1 Å². The molecule has 3 aromatic rings. The van der Waals surface area contributed by atoms with Gasteiger partial charge in [0.05, 0.1) is 22.1 Å². The number of nitrogens with zero attached hydrogens (tertiary/aromatic N) is 2. The molecule has 0 fully saturated rings. The predicted molar refractivity (Wildman–Crippen MR) is 145 cm³/mol. The number of anilines is 2. The molecule has 0 atom stereocenters. The minimum Gasteiger partial charge on any atom is -0.398 e. The molecular weight excluding hydrogens is 404 g/mol. The quantitative estimate of drug-likeness (QED) is 0.131. The van der Waals surface area contributed by atoms with E-state index in [0.717, 1.165) is 46.4 Å². The van der Waals surface area contributed by atoms with Crippen molar-refractivity contribution in [2.75, 3.05) is 17.6 Å². The van der Waals surface area contributed by atoms with E-state index < -0.39 is 0 Å². The molecule has 180 valence electrons. The summed E-state index contributed by atoms with van der Waals surface area (Å²) < 4.78 is 0. The van der Waals surface area contributed by atoms with Gasteiger partial charge < -0.3 is 11.1 Å². The summed E-state index contributed by atoms with van der Waals surface area (Å²) in [5, 5.41) is 3.55. The van der Waals surface area contributed by atoms with Crippen LogP contribution >= 0.6 is 0 Å². The van der Waals surface area contributed by atoms with E-state index in [2.05, 4.69) is 43.4 Å². The Hall–Kier alpha value is -2.36. The second-order valence-corrected chi connectivity index (χ2v) is 9.53. The van der Waals surface area contributed by atoms with Gasteiger partial charge in [-0.05, 0) is 55.2 Å². The Labute approximate surface area is 200 Å². The molecule has 0 unspecified atom stereocenters. The summed E-state index contributed by atoms with van der Waals surface area (Å²) in [6, 6.07) is 10.5. The number of nitrogen functional groups attached to an aromatic ring is 1. The highest BCUT2D eigenvalue weighted by molar-refractivity contribution is 5.89. The molecule has 0 aliphatic rings. The number of hydrogen-bond acceptors (Lipinski definition) is 4. The summed E-state index contributed by atoms with van der Waals surface area (Å²) in [7, 11) is 0. The van der Waals surface area contributed by atoms with Crippen LogP contribution in [0.3, 0.4) is 0 Å². The first kappa shape index (κ1) is 25.3. The molecule has 0 saturated heterocycles. The van der Waals surface area contributed by atoms with Gasteiger partial charge in [0.15, 0.2) is 0 Å². The fraction of sp³-hybridized carbons (Fsp3) is 0.586. The summed E-state index contributed by atoms with van der Waals surface area (Å²) in [6.07, 6.45) is 18.1. The molecule has 1 heterocycles. The van der Waals surface area contributed by atoms with Crippen molar-refractivity contribution in [2.45, 2.75) is 104 Å². The fourth-order valence-electron chi connectivity index (χ4n) is 4.52. The molecule has 0 spiro atoms. The number of nitrogens with one attached hydrogen (secondary N) is 1. The van der Waals surface area contributed by atoms with E-state index in [-0.39, 0.29) is 0 Å². The van der Waals surface area contributed by atoms with Crippen molar-refractivity contribution in [3.05, 3.63) is 35.9 Å². The van der Waals surface area contributed by atoms with Crippen LogP contribution in [0.2, 0.25) is 0 Å². The molecular formula is C29H44N4. The van der Waals surface area contributed by atoms with Crippen LogP contribution in [0, 0.1) is 0 Å². The van der Waals surface area contributed by atoms with Gasteiger partial charge in [-0.3, -0.25) is 0 Å². The third kappa shape index (κ3) is 8.17. The number of aryl methyl sites for hydroxylation is 1. The van der Waals surface area contributed by atoms with E-state index in [0.29, 0.717) is 0 Å². The van der Waals surface area contributed by atoms with E-state index in [1.165, 1.54) is 89.0 Å². The molecule has 0 amide bonds. The minimum absolute atomic E-state index is 0.847. The van der Waals surface area contributed by atoms with Gasteiger partial charge in [-0.15, -0.1) is 0 Å². The van der Waals surface area contributed by atoms with Crippen LogP contribution in [0.4, 0.5) is 11.4 Å². The molecule has 0 saturated carbocycles. The first-order valence-corrected chi connectivity index (χ1v) is 13.4. The Bertz CT molecular complexity index is 982. The molecule has 0 bridgehead atoms. The van der Waals surface area contributed by atoms with Gasteiger partial charge in [0.1, 0.15) is 0 Å². The van der Waals surface area contributed by atoms with E-state index in [9.17, 15) is 0 Å². The summed E-state index contributed by atoms with van der Waals surface area (Å²) in [5.41, 5.74) is 13.3. The Balaban J connectivity index is 1.56. The van der Waals surface area contributed by atoms with Crippen LogP contribution in [0.15, 0.2) is 30.3 Å². The van der Waals surface area contributed by atoms with Gasteiger partial charge in [-0.1, -0.05) is 84.5 Å². The normalized spacial score (nSPS) is 11.5. The van der Waals surface area contributed by atoms with Crippen molar-refractivity contribution >= 4 is 33.4 Å². The Morgan fingerprint density at radius 3 is 1.94 bits per heavy atom. The molecule has 0 radical (unpaired) electrons. The number of benzene rings is 2. The van der Waals surface area contributed by atoms with Crippen molar-refractivity contribution in [3.8, 4) is 0 Å². The zero-order chi connectivity index (χ0) is 23.3. The van der Waals surface area contributed by atoms with Crippen LogP contribution in [-0.4, -0.2) is 16.5 Å². The zero-order valence-corrected chi connectivity index (χ0v) is 21.0. The Morgan fingerprint density at radius 2 is 1.21 bits per heavy atom. The molecule has 4 nitrogen and oxygen atoms in total. The van der Waals surface area contributed by atoms with E-state index in [1.807, 2.05) is 6.07 Å². The molecule has 3 N–H and O–H groups in total. The van der Waals surface area contributed by atoms with Crippen molar-refractivity contribution in [1.82, 2.24) is 9.97 Å². The summed E-state index contributed by atoms with van der Waals surface area (Å²) in [5.74, 6) is 0. The molecule has 33 heavy (non-hydrogen) atoms. The van der Waals surface area contributed by atoms with Crippen molar-refractivity contribution < 1.29 is 0 Å². The molecule has 2 aromatic carbocycles. The average molecular weight is 449 g/mol. The largest absolute Gasteiger partial charge is 0.398 e. The second kappa shape index (κ2) is 14.0. The first-order chi connectivity index (χ1) is 16.2. The van der Waals surface area contributed by atoms with E-state index >= 15 is 0 Å². The third-order valence-corrected chi connectivity index (χ3v) is 6.60. The molecule has 3 rings (SSSR count). The van der Waals surface area contributed by atoms with Crippen LogP contribution in [0.5, 0.6) is 0 Å². The highest BCUT2D eigenvalue weighted by atomic mass is 14.9. The summed E-state index contributed by atoms with van der Waals surface area (Å²) >= 11 is 0. The monoisotopic (exact) mass is 448 g/mol. The maximum absolute atomic E-state index is 6.39. The van der Waals surface area contributed by atoms with Crippen molar-refractivity contribution in [1.29, 1.82) is 0 Å². The lowest BCUT2D eigenvalue weighted by Crippen LogP contribution is -2.02. The lowest BCUT2D eigenvalue weighted by molar-refractivity contribution is 0.589. The number of fused-ring (bicyclic) bond motifs is 2. The standard InChI is InChI=1S/C29H44N4/c1-3-5-7-9-11-12-14-16-23-20-27-29(22-25(23)30)33-28-21-24(17-18-26(28)32-27)31-19-15-13-10-8-6-4-2/h17-18,20-22,31H,3-16,19,30H2,1-2H3. The highest BCUT2D eigenvalue weighted by Crippen LogP contribution is 2.25. The van der Waals surface area contributed by atoms with Crippen LogP contribution in [0.25, 0.3) is 22.1 Å². The number of aromatic nitrogens is 2. The van der Waals surface area contributed by atoms with Gasteiger partial charge in [-0.25, -0.2) is 9.97 Å². The number of unbranched alkanes of at least 4 members (excludes halogenated alkanes) is 11. The van der Waals surface area contributed by atoms with Crippen LogP contribution in [0.1, 0.15) is 103 Å². The lowest BCUT2D eigenvalue weighted by Gasteiger charge is -2.10. The molecule has 1 aromatic heterocycles. The summed E-state index contributed by atoms with van der Waals surface area (Å²) in [4.78, 5) is 9.77. The SMILES string of the molecule is CCCCCCCCCc1cc2nc3ccc(NCCCCCCCC)cc3nc2cc1N. The first-order valence-electron chi connectivity index (χ1n) is 13.4. The van der Waals surface area contributed by atoms with Crippen LogP contribution in [-0.2, 0) is 6.42 Å². The van der Waals surface area contributed by atoms with E-state index in [4.69, 9.17) is 15.7 Å². The number of rotatable bonds is 16. The molecule has 0 aliphatic carbocycles. The fourth-order valence-corrected chi connectivity index (χ4v) is 4.52. The predicted octanol–water partition coefficient (Wildman–Crippen LogP) is 8.43. The minimum atomic E-state index is 0.847. The van der Waals surface area contributed by atoms with E-state index in [1.54, 1.807) is 0 Å². The van der Waals surface area contributed by atoms with Gasteiger partial charge in [0, 0.05) is 17.9 Å². The zero-order valence-electron chi connectivity index (χ0n) is 21.0. The van der Waals surface area contributed by atoms with Crippen molar-refractivity contribution in [3.63, 3.8) is 0 Å². The Kier molecular flexibility index (Phi) is 10.7.